The largest absolute Gasteiger partial charge is 0.497 e. The Hall–Kier alpha value is -1.30. The van der Waals surface area contributed by atoms with Gasteiger partial charge in [-0.1, -0.05) is 29.4 Å². The van der Waals surface area contributed by atoms with Crippen LogP contribution in [0.5, 0.6) is 5.75 Å². The van der Waals surface area contributed by atoms with Gasteiger partial charge in [0.15, 0.2) is 5.17 Å². The van der Waals surface area contributed by atoms with Crippen LogP contribution in [0.4, 0.5) is 5.69 Å². The highest BCUT2D eigenvalue weighted by molar-refractivity contribution is 8.14. The lowest BCUT2D eigenvalue weighted by Gasteiger charge is -2.03. The van der Waals surface area contributed by atoms with Gasteiger partial charge < -0.3 is 10.5 Å². The first kappa shape index (κ1) is 17.1. The second-order valence-electron chi connectivity index (χ2n) is 4.30. The van der Waals surface area contributed by atoms with Crippen molar-refractivity contribution in [3.05, 3.63) is 53.6 Å². The lowest BCUT2D eigenvalue weighted by molar-refractivity contribution is 0.415. The van der Waals surface area contributed by atoms with Crippen LogP contribution in [-0.4, -0.2) is 23.8 Å². The van der Waals surface area contributed by atoms with E-state index in [0.29, 0.717) is 5.17 Å². The number of amidine groups is 1. The van der Waals surface area contributed by atoms with E-state index in [4.69, 9.17) is 22.1 Å². The third-order valence-electron chi connectivity index (χ3n) is 2.71. The minimum atomic E-state index is 0.560. The van der Waals surface area contributed by atoms with Crippen LogP contribution in [0.25, 0.3) is 0 Å². The van der Waals surface area contributed by atoms with Crippen LogP contribution in [0.2, 0.25) is 5.02 Å². The molecule has 2 aromatic carbocycles. The van der Waals surface area contributed by atoms with E-state index < -0.39 is 0 Å². The van der Waals surface area contributed by atoms with E-state index >= 15 is 0 Å². The molecular weight excluding hydrogens is 336 g/mol. The maximum Gasteiger partial charge on any atom is 0.159 e. The van der Waals surface area contributed by atoms with Crippen LogP contribution in [-0.2, 0) is 0 Å². The van der Waals surface area contributed by atoms with E-state index in [1.807, 2.05) is 48.5 Å². The summed E-state index contributed by atoms with van der Waals surface area (Å²) in [5, 5.41) is 1.32. The molecule has 0 aliphatic heterocycles. The van der Waals surface area contributed by atoms with E-state index in [0.717, 1.165) is 28.0 Å². The smallest absolute Gasteiger partial charge is 0.159 e. The van der Waals surface area contributed by atoms with E-state index in [9.17, 15) is 0 Å². The Balaban J connectivity index is 1.78. The van der Waals surface area contributed by atoms with Gasteiger partial charge in [-0.25, -0.2) is 4.99 Å². The van der Waals surface area contributed by atoms with Crippen LogP contribution in [0.15, 0.2) is 58.4 Å². The van der Waals surface area contributed by atoms with Crippen LogP contribution >= 0.6 is 35.1 Å². The first-order chi connectivity index (χ1) is 10.7. The summed E-state index contributed by atoms with van der Waals surface area (Å²) in [6.45, 7) is 0. The van der Waals surface area contributed by atoms with Gasteiger partial charge in [-0.15, -0.1) is 11.8 Å². The molecule has 2 rings (SSSR count). The molecule has 0 heterocycles. The first-order valence-corrected chi connectivity index (χ1v) is 9.01. The highest BCUT2D eigenvalue weighted by atomic mass is 35.5. The molecule has 0 saturated heterocycles. The number of benzene rings is 2. The number of hydrogen-bond donors (Lipinski definition) is 1. The Kier molecular flexibility index (Phi) is 6.96. The van der Waals surface area contributed by atoms with Gasteiger partial charge in [0.1, 0.15) is 5.75 Å². The molecule has 0 unspecified atom stereocenters. The van der Waals surface area contributed by atoms with Crippen molar-refractivity contribution in [2.75, 3.05) is 18.6 Å². The van der Waals surface area contributed by atoms with E-state index in [1.54, 1.807) is 30.6 Å². The number of halogens is 1. The van der Waals surface area contributed by atoms with Gasteiger partial charge in [0.25, 0.3) is 0 Å². The molecule has 0 radical (unpaired) electrons. The van der Waals surface area contributed by atoms with Crippen molar-refractivity contribution < 1.29 is 4.74 Å². The molecule has 3 nitrogen and oxygen atoms in total. The van der Waals surface area contributed by atoms with Crippen molar-refractivity contribution in [1.29, 1.82) is 0 Å². The molecule has 2 aromatic rings. The molecule has 0 spiro atoms. The monoisotopic (exact) mass is 352 g/mol. The van der Waals surface area contributed by atoms with Crippen LogP contribution in [0, 0.1) is 0 Å². The number of ether oxygens (including phenoxy) is 1. The second-order valence-corrected chi connectivity index (χ2v) is 7.02. The second kappa shape index (κ2) is 8.98. The molecule has 22 heavy (non-hydrogen) atoms. The highest BCUT2D eigenvalue weighted by Crippen LogP contribution is 2.23. The summed E-state index contributed by atoms with van der Waals surface area (Å²) >= 11 is 9.18. The Morgan fingerprint density at radius 2 is 1.95 bits per heavy atom. The van der Waals surface area contributed by atoms with Crippen LogP contribution in [0.1, 0.15) is 0 Å². The number of rotatable bonds is 6. The Labute approximate surface area is 144 Å². The number of aliphatic imine (C=N–C) groups is 1. The Bertz CT molecular complexity index is 632. The molecular formula is C16H17ClN2OS2. The lowest BCUT2D eigenvalue weighted by Crippen LogP contribution is -2.07. The summed E-state index contributed by atoms with van der Waals surface area (Å²) in [6, 6.07) is 15.4. The zero-order valence-electron chi connectivity index (χ0n) is 12.2. The van der Waals surface area contributed by atoms with E-state index in [-0.39, 0.29) is 0 Å². The number of hydrogen-bond acceptors (Lipinski definition) is 4. The third kappa shape index (κ3) is 5.83. The molecule has 0 atom stereocenters. The molecule has 0 aliphatic rings. The standard InChI is InChI=1S/C16H17ClN2OS2/c1-20-14-4-2-3-13(11-14)19-16(18)22-10-9-21-15-7-5-12(17)6-8-15/h2-8,11H,9-10H2,1H3,(H2,18,19). The third-order valence-corrected chi connectivity index (χ3v) is 5.03. The summed E-state index contributed by atoms with van der Waals surface area (Å²) in [4.78, 5) is 5.58. The van der Waals surface area contributed by atoms with Crippen molar-refractivity contribution >= 4 is 46.0 Å². The molecule has 6 heteroatoms. The fraction of sp³-hybridized carbons (Fsp3) is 0.188. The molecule has 116 valence electrons. The first-order valence-electron chi connectivity index (χ1n) is 6.67. The van der Waals surface area contributed by atoms with Gasteiger partial charge >= 0.3 is 0 Å². The topological polar surface area (TPSA) is 47.6 Å². The summed E-state index contributed by atoms with van der Waals surface area (Å²) in [7, 11) is 1.63. The summed E-state index contributed by atoms with van der Waals surface area (Å²) in [5.41, 5.74) is 6.74. The molecule has 0 aliphatic carbocycles. The van der Waals surface area contributed by atoms with Gasteiger partial charge in [0, 0.05) is 27.5 Å². The number of methoxy groups -OCH3 is 1. The normalized spacial score (nSPS) is 11.5. The predicted molar refractivity (Wildman–Crippen MR) is 98.9 cm³/mol. The van der Waals surface area contributed by atoms with E-state index in [2.05, 4.69) is 4.99 Å². The van der Waals surface area contributed by atoms with Crippen molar-refractivity contribution in [2.45, 2.75) is 4.90 Å². The highest BCUT2D eigenvalue weighted by Gasteiger charge is 1.99. The van der Waals surface area contributed by atoms with Gasteiger partial charge in [-0.3, -0.25) is 0 Å². The molecule has 2 N–H and O–H groups in total. The minimum absolute atomic E-state index is 0.560. The fourth-order valence-electron chi connectivity index (χ4n) is 1.68. The maximum absolute atomic E-state index is 5.94. The fourth-order valence-corrected chi connectivity index (χ4v) is 3.41. The van der Waals surface area contributed by atoms with Crippen LogP contribution < -0.4 is 10.5 Å². The summed E-state index contributed by atoms with van der Waals surface area (Å²) in [5.74, 6) is 2.63. The number of nitrogens with zero attached hydrogens (tertiary/aromatic N) is 1. The van der Waals surface area contributed by atoms with Crippen molar-refractivity contribution in [1.82, 2.24) is 0 Å². The molecule has 0 fully saturated rings. The number of nitrogens with two attached hydrogens (primary N) is 1. The molecule has 0 saturated carbocycles. The molecule has 0 bridgehead atoms. The lowest BCUT2D eigenvalue weighted by atomic mass is 10.3. The van der Waals surface area contributed by atoms with Crippen molar-refractivity contribution in [2.24, 2.45) is 10.7 Å². The SMILES string of the molecule is COc1cccc(N=C(N)SCCSc2ccc(Cl)cc2)c1. The van der Waals surface area contributed by atoms with Gasteiger partial charge in [0.05, 0.1) is 12.8 Å². The predicted octanol–water partition coefficient (Wildman–Crippen LogP) is 4.82. The average Bonchev–Trinajstić information content (AvgIpc) is 2.53. The quantitative estimate of drug-likeness (QED) is 0.350. The zero-order chi connectivity index (χ0) is 15.8. The van der Waals surface area contributed by atoms with Crippen molar-refractivity contribution in [3.8, 4) is 5.75 Å². The van der Waals surface area contributed by atoms with Gasteiger partial charge in [0.2, 0.25) is 0 Å². The average molecular weight is 353 g/mol. The van der Waals surface area contributed by atoms with Gasteiger partial charge in [-0.2, -0.15) is 0 Å². The Morgan fingerprint density at radius 1 is 1.18 bits per heavy atom. The van der Waals surface area contributed by atoms with Crippen LogP contribution in [0.3, 0.4) is 0 Å². The minimum Gasteiger partial charge on any atom is -0.497 e. The summed E-state index contributed by atoms with van der Waals surface area (Å²) in [6.07, 6.45) is 0. The Morgan fingerprint density at radius 3 is 2.68 bits per heavy atom. The maximum atomic E-state index is 5.94. The van der Waals surface area contributed by atoms with Crippen molar-refractivity contribution in [3.63, 3.8) is 0 Å². The zero-order valence-corrected chi connectivity index (χ0v) is 14.5. The molecule has 0 aromatic heterocycles. The van der Waals surface area contributed by atoms with E-state index in [1.165, 1.54) is 4.90 Å². The molecule has 0 amide bonds. The summed E-state index contributed by atoms with van der Waals surface area (Å²) < 4.78 is 5.16. The van der Waals surface area contributed by atoms with Gasteiger partial charge in [-0.05, 0) is 36.4 Å². The number of thioether (sulfide) groups is 2.